The summed E-state index contributed by atoms with van der Waals surface area (Å²) in [6.07, 6.45) is 3.07. The number of benzene rings is 3. The van der Waals surface area contributed by atoms with E-state index in [1.807, 2.05) is 62.6 Å². The van der Waals surface area contributed by atoms with E-state index in [1.165, 1.54) is 0 Å². The lowest BCUT2D eigenvalue weighted by atomic mass is 10.1. The normalized spacial score (nSPS) is 11.3. The number of nitrogens with one attached hydrogen (secondary N) is 2. The maximum atomic E-state index is 9.19. The lowest BCUT2D eigenvalue weighted by Gasteiger charge is -2.22. The van der Waals surface area contributed by atoms with Crippen molar-refractivity contribution in [1.29, 1.82) is 0 Å². The van der Waals surface area contributed by atoms with Gasteiger partial charge >= 0.3 is 0 Å². The second-order valence-electron chi connectivity index (χ2n) is 8.32. The number of nitrogens with zero attached hydrogens (tertiary/aromatic N) is 2. The summed E-state index contributed by atoms with van der Waals surface area (Å²) in [6.45, 7) is 8.34. The molecule has 2 aliphatic rings. The van der Waals surface area contributed by atoms with Gasteiger partial charge in [-0.05, 0) is 57.9 Å². The summed E-state index contributed by atoms with van der Waals surface area (Å²) in [4.78, 5) is 9.48. The number of para-hydroxylation sites is 4. The molecule has 0 spiro atoms. The average molecular weight is 659 g/mol. The fourth-order valence-corrected chi connectivity index (χ4v) is 3.53. The molecule has 0 fully saturated rings. The molecule has 4 N–H and O–H groups in total. The zero-order valence-electron chi connectivity index (χ0n) is 25.2. The molecule has 0 bridgehead atoms. The number of hydrogen-bond acceptors (Lipinski definition) is 12. The zero-order valence-corrected chi connectivity index (χ0v) is 27.6. The largest absolute Gasteiger partial charge is 0.452 e. The number of halogens is 1. The van der Waals surface area contributed by atoms with E-state index in [0.29, 0.717) is 33.9 Å². The highest BCUT2D eigenvalue weighted by Crippen LogP contribution is 2.40. The third kappa shape index (κ3) is 12.8. The van der Waals surface area contributed by atoms with Crippen LogP contribution in [0.25, 0.3) is 0 Å². The minimum absolute atomic E-state index is 0.426. The Kier molecular flexibility index (Phi) is 18.0. The molecule has 15 heteroatoms. The number of ether oxygens (including phenoxy) is 2. The highest BCUT2D eigenvalue weighted by atomic mass is 35.5. The highest BCUT2D eigenvalue weighted by molar-refractivity contribution is 7.93. The summed E-state index contributed by atoms with van der Waals surface area (Å²) in [5.74, 6) is 2.62. The van der Waals surface area contributed by atoms with E-state index in [0.717, 1.165) is 59.6 Å². The first-order valence-electron chi connectivity index (χ1n) is 13.1. The van der Waals surface area contributed by atoms with Crippen LogP contribution in [0.1, 0.15) is 26.3 Å². The van der Waals surface area contributed by atoms with Crippen molar-refractivity contribution < 1.29 is 37.1 Å². The minimum atomic E-state index is -3.67. The second kappa shape index (κ2) is 20.2. The fourth-order valence-electron chi connectivity index (χ4n) is 3.21. The standard InChI is InChI=1S/C20H13ClN2O2.2C3H9N.2CH4O3S/c1-2-11-17-20(25-15-10-6-3-7-12(15)22-17)16(21)18-19(11)24-14-9-5-4-8-13(14)23-18;2*1-3-4-2;1-5(2,3)4;1-5-4-3-2/h3-10H,2H2,1H3;2*4H,3H2,1-2H3;1H3,(H,2,3,4);2H,1H3. The summed E-state index contributed by atoms with van der Waals surface area (Å²) in [6, 6.07) is 15.3. The Morgan fingerprint density at radius 1 is 0.884 bits per heavy atom. The topological polar surface area (TPSA) is 160 Å². The summed E-state index contributed by atoms with van der Waals surface area (Å²) < 4.78 is 41.9. The number of hydrogen-bond donors (Lipinski definition) is 4. The second-order valence-corrected chi connectivity index (χ2v) is 10.6. The predicted octanol–water partition coefficient (Wildman–Crippen LogP) is 5.66. The molecular formula is C28H39ClN4O8S2. The first kappa shape index (κ1) is 38.2. The van der Waals surface area contributed by atoms with E-state index < -0.39 is 10.1 Å². The molecule has 0 saturated heterocycles. The van der Waals surface area contributed by atoms with Gasteiger partial charge in [-0.2, -0.15) is 8.42 Å². The van der Waals surface area contributed by atoms with Gasteiger partial charge in [-0.1, -0.05) is 61.7 Å². The molecule has 5 rings (SSSR count). The Morgan fingerprint density at radius 3 is 1.67 bits per heavy atom. The van der Waals surface area contributed by atoms with Crippen molar-refractivity contribution in [3.63, 3.8) is 0 Å². The molecule has 0 aromatic heterocycles. The van der Waals surface area contributed by atoms with Gasteiger partial charge in [0.1, 0.15) is 27.1 Å². The molecule has 0 aliphatic carbocycles. The Labute approximate surface area is 261 Å². The molecule has 3 aromatic rings. The molecular weight excluding hydrogens is 620 g/mol. The van der Waals surface area contributed by atoms with Crippen LogP contribution < -0.4 is 30.8 Å². The van der Waals surface area contributed by atoms with Crippen LogP contribution in [0.3, 0.4) is 0 Å². The van der Waals surface area contributed by atoms with Gasteiger partial charge in [0.05, 0.1) is 6.26 Å². The summed E-state index contributed by atoms with van der Waals surface area (Å²) >= 11 is 7.58. The van der Waals surface area contributed by atoms with Gasteiger partial charge in [0, 0.05) is 23.9 Å². The SMILES string of the molecule is CCNC.CCNC.CCc1c2c(c(Cl)c3c1=Nc1ccccc1O3)=Nc1ccccc1O2.CS(=O)(=O)O.CSOOO. The smallest absolute Gasteiger partial charge is 0.261 e. The van der Waals surface area contributed by atoms with E-state index in [2.05, 4.69) is 40.8 Å². The van der Waals surface area contributed by atoms with E-state index in [-0.39, 0.29) is 0 Å². The fraction of sp³-hybridized carbons (Fsp3) is 0.357. The third-order valence-electron chi connectivity index (χ3n) is 5.18. The van der Waals surface area contributed by atoms with E-state index in [1.54, 1.807) is 6.26 Å². The quantitative estimate of drug-likeness (QED) is 0.0799. The highest BCUT2D eigenvalue weighted by Gasteiger charge is 2.26. The Bertz CT molecular complexity index is 1510. The van der Waals surface area contributed by atoms with Crippen molar-refractivity contribution in [2.75, 3.05) is 39.7 Å². The van der Waals surface area contributed by atoms with Crippen LogP contribution in [-0.2, 0) is 25.9 Å². The molecule has 43 heavy (non-hydrogen) atoms. The monoisotopic (exact) mass is 658 g/mol. The lowest BCUT2D eigenvalue weighted by molar-refractivity contribution is -0.432. The van der Waals surface area contributed by atoms with Crippen molar-refractivity contribution in [3.05, 3.63) is 69.8 Å². The van der Waals surface area contributed by atoms with Gasteiger partial charge in [0.2, 0.25) is 0 Å². The lowest BCUT2D eigenvalue weighted by Crippen LogP contribution is -2.25. The summed E-state index contributed by atoms with van der Waals surface area (Å²) in [5, 5.41) is 18.1. The maximum Gasteiger partial charge on any atom is 0.261 e. The first-order chi connectivity index (χ1) is 20.5. The molecule has 2 aliphatic heterocycles. The molecule has 12 nitrogen and oxygen atoms in total. The summed E-state index contributed by atoms with van der Waals surface area (Å²) in [7, 11) is 0.194. The van der Waals surface area contributed by atoms with Crippen LogP contribution in [0.4, 0.5) is 11.4 Å². The van der Waals surface area contributed by atoms with Crippen LogP contribution in [0.2, 0.25) is 5.02 Å². The Balaban J connectivity index is 0.000000425. The van der Waals surface area contributed by atoms with Crippen molar-refractivity contribution >= 4 is 45.1 Å². The first-order valence-corrected chi connectivity index (χ1v) is 16.5. The van der Waals surface area contributed by atoms with Crippen LogP contribution >= 0.6 is 23.6 Å². The van der Waals surface area contributed by atoms with E-state index in [4.69, 9.17) is 40.9 Å². The van der Waals surface area contributed by atoms with Crippen LogP contribution in [0.15, 0.2) is 58.5 Å². The zero-order chi connectivity index (χ0) is 32.4. The number of fused-ring (bicyclic) bond motifs is 4. The Hall–Kier alpha value is -2.79. The molecule has 0 radical (unpaired) electrons. The Morgan fingerprint density at radius 2 is 1.30 bits per heavy atom. The van der Waals surface area contributed by atoms with Gasteiger partial charge < -0.3 is 20.1 Å². The van der Waals surface area contributed by atoms with Gasteiger partial charge in [-0.25, -0.2) is 15.2 Å². The average Bonchev–Trinajstić information content (AvgIpc) is 3.00. The number of rotatable bonds is 5. The van der Waals surface area contributed by atoms with Crippen LogP contribution in [-0.4, -0.2) is 57.9 Å². The molecule has 0 unspecified atom stereocenters. The van der Waals surface area contributed by atoms with E-state index in [9.17, 15) is 8.42 Å². The van der Waals surface area contributed by atoms with Crippen LogP contribution in [0.5, 0.6) is 23.0 Å². The van der Waals surface area contributed by atoms with Crippen molar-refractivity contribution in [1.82, 2.24) is 10.6 Å². The molecule has 0 saturated carbocycles. The molecule has 2 heterocycles. The van der Waals surface area contributed by atoms with Crippen molar-refractivity contribution in [2.24, 2.45) is 9.98 Å². The van der Waals surface area contributed by atoms with Crippen molar-refractivity contribution in [2.45, 2.75) is 27.2 Å². The van der Waals surface area contributed by atoms with Gasteiger partial charge in [-0.15, -0.1) is 4.33 Å². The van der Waals surface area contributed by atoms with Gasteiger partial charge in [0.25, 0.3) is 10.1 Å². The van der Waals surface area contributed by atoms with Crippen molar-refractivity contribution in [3.8, 4) is 23.0 Å². The van der Waals surface area contributed by atoms with Crippen LogP contribution in [0, 0.1) is 0 Å². The summed E-state index contributed by atoms with van der Waals surface area (Å²) in [5.41, 5.74) is 2.49. The van der Waals surface area contributed by atoms with E-state index >= 15 is 0 Å². The molecule has 0 atom stereocenters. The van der Waals surface area contributed by atoms with Gasteiger partial charge in [0.15, 0.2) is 23.0 Å². The molecule has 3 aromatic carbocycles. The minimum Gasteiger partial charge on any atom is -0.452 e. The van der Waals surface area contributed by atoms with Gasteiger partial charge in [-0.3, -0.25) is 4.55 Å². The predicted molar refractivity (Wildman–Crippen MR) is 170 cm³/mol. The maximum absolute atomic E-state index is 9.19. The molecule has 0 amide bonds. The third-order valence-corrected chi connectivity index (χ3v) is 5.72. The molecule has 238 valence electrons.